The zero-order valence-electron chi connectivity index (χ0n) is 9.70. The van der Waals surface area contributed by atoms with Crippen molar-refractivity contribution in [1.82, 2.24) is 5.16 Å². The predicted octanol–water partition coefficient (Wildman–Crippen LogP) is 2.66. The maximum atomic E-state index is 6.25. The van der Waals surface area contributed by atoms with Gasteiger partial charge in [-0.2, -0.15) is 0 Å². The van der Waals surface area contributed by atoms with E-state index in [4.69, 9.17) is 31.3 Å². The van der Waals surface area contributed by atoms with Crippen molar-refractivity contribution in [2.45, 2.75) is 6.92 Å². The zero-order valence-corrected chi connectivity index (χ0v) is 10.5. The number of aromatic nitrogens is 1. The van der Waals surface area contributed by atoms with E-state index in [1.807, 2.05) is 6.92 Å². The summed E-state index contributed by atoms with van der Waals surface area (Å²) < 4.78 is 16.2. The molecule has 1 aromatic carbocycles. The predicted molar refractivity (Wildman–Crippen MR) is 67.1 cm³/mol. The molecule has 1 aromatic heterocycles. The lowest BCUT2D eigenvalue weighted by atomic mass is 10.0. The van der Waals surface area contributed by atoms with Crippen molar-refractivity contribution < 1.29 is 14.0 Å². The van der Waals surface area contributed by atoms with E-state index >= 15 is 0 Å². The van der Waals surface area contributed by atoms with Crippen LogP contribution >= 0.6 is 11.6 Å². The van der Waals surface area contributed by atoms with Crippen LogP contribution in [-0.4, -0.2) is 18.4 Å². The number of halogens is 1. The number of fused-ring (bicyclic) bond motifs is 1. The minimum atomic E-state index is 0.315. The number of nitrogens with zero attached hydrogens (tertiary/aromatic N) is 1. The van der Waals surface area contributed by atoms with Crippen LogP contribution in [0.15, 0.2) is 16.7 Å². The van der Waals surface area contributed by atoms with E-state index in [2.05, 4.69) is 5.16 Å². The van der Waals surface area contributed by atoms with E-state index in [1.54, 1.807) is 12.1 Å². The topological polar surface area (TPSA) is 70.5 Å². The largest absolute Gasteiger partial charge is 0.486 e. The van der Waals surface area contributed by atoms with E-state index in [0.717, 1.165) is 11.1 Å². The number of ether oxygens (including phenoxy) is 2. The van der Waals surface area contributed by atoms with Gasteiger partial charge in [0.1, 0.15) is 13.2 Å². The first-order valence-corrected chi connectivity index (χ1v) is 5.86. The Morgan fingerprint density at radius 2 is 2.06 bits per heavy atom. The molecule has 0 saturated heterocycles. The molecule has 5 nitrogen and oxygen atoms in total. The molecule has 0 aliphatic carbocycles. The normalized spacial score (nSPS) is 13.7. The highest BCUT2D eigenvalue weighted by atomic mass is 35.5. The summed E-state index contributed by atoms with van der Waals surface area (Å²) in [5, 5.41) is 4.18. The molecule has 94 valence electrons. The second-order valence-electron chi connectivity index (χ2n) is 4.00. The number of hydrogen-bond donors (Lipinski definition) is 1. The summed E-state index contributed by atoms with van der Waals surface area (Å²) >= 11 is 6.25. The third-order valence-electron chi connectivity index (χ3n) is 2.80. The first kappa shape index (κ1) is 11.2. The fourth-order valence-corrected chi connectivity index (χ4v) is 2.36. The summed E-state index contributed by atoms with van der Waals surface area (Å²) in [6.45, 7) is 2.94. The van der Waals surface area contributed by atoms with Gasteiger partial charge in [-0.25, -0.2) is 0 Å². The molecule has 18 heavy (non-hydrogen) atoms. The summed E-state index contributed by atoms with van der Waals surface area (Å²) in [5.74, 6) is 2.18. The van der Waals surface area contributed by atoms with Crippen molar-refractivity contribution in [3.8, 4) is 22.8 Å². The molecule has 1 aliphatic heterocycles. The van der Waals surface area contributed by atoms with Crippen molar-refractivity contribution in [3.63, 3.8) is 0 Å². The number of nitrogen functional groups attached to an aromatic ring is 1. The van der Waals surface area contributed by atoms with Gasteiger partial charge < -0.3 is 19.7 Å². The van der Waals surface area contributed by atoms with Crippen molar-refractivity contribution >= 4 is 17.4 Å². The summed E-state index contributed by atoms with van der Waals surface area (Å²) in [5.41, 5.74) is 7.13. The van der Waals surface area contributed by atoms with Gasteiger partial charge in [0.15, 0.2) is 23.1 Å². The maximum Gasteiger partial charge on any atom is 0.170 e. The number of nitrogens with two attached hydrogens (primary N) is 1. The first-order chi connectivity index (χ1) is 8.66. The number of hydrogen-bond acceptors (Lipinski definition) is 5. The fraction of sp³-hybridized carbons (Fsp3) is 0.250. The van der Waals surface area contributed by atoms with Gasteiger partial charge in [0, 0.05) is 23.3 Å². The number of benzene rings is 1. The highest BCUT2D eigenvalue weighted by molar-refractivity contribution is 6.33. The Labute approximate surface area is 108 Å². The van der Waals surface area contributed by atoms with Gasteiger partial charge in [0.2, 0.25) is 0 Å². The van der Waals surface area contributed by atoms with Crippen LogP contribution in [0.2, 0.25) is 5.02 Å². The van der Waals surface area contributed by atoms with Gasteiger partial charge in [0.05, 0.1) is 5.02 Å². The highest BCUT2D eigenvalue weighted by Gasteiger charge is 2.22. The molecule has 2 heterocycles. The molecule has 0 amide bonds. The van der Waals surface area contributed by atoms with Gasteiger partial charge in [-0.1, -0.05) is 16.8 Å². The summed E-state index contributed by atoms with van der Waals surface area (Å²) in [4.78, 5) is 0. The second-order valence-corrected chi connectivity index (χ2v) is 4.41. The molecule has 0 spiro atoms. The van der Waals surface area contributed by atoms with Crippen molar-refractivity contribution in [2.24, 2.45) is 0 Å². The Kier molecular flexibility index (Phi) is 2.56. The molecule has 1 aliphatic rings. The molecular weight excluding hydrogens is 256 g/mol. The summed E-state index contributed by atoms with van der Waals surface area (Å²) in [7, 11) is 0. The third kappa shape index (κ3) is 1.67. The average Bonchev–Trinajstić information content (AvgIpc) is 2.76. The van der Waals surface area contributed by atoms with Gasteiger partial charge in [0.25, 0.3) is 0 Å². The van der Waals surface area contributed by atoms with Gasteiger partial charge in [-0.15, -0.1) is 0 Å². The molecule has 2 aromatic rings. The zero-order chi connectivity index (χ0) is 12.7. The molecule has 0 unspecified atom stereocenters. The van der Waals surface area contributed by atoms with E-state index in [1.165, 1.54) is 0 Å². The number of anilines is 1. The monoisotopic (exact) mass is 266 g/mol. The quantitative estimate of drug-likeness (QED) is 0.859. The van der Waals surface area contributed by atoms with Gasteiger partial charge in [-0.05, 0) is 6.92 Å². The Hall–Kier alpha value is -1.88. The lowest BCUT2D eigenvalue weighted by Crippen LogP contribution is -2.16. The molecule has 0 bridgehead atoms. The van der Waals surface area contributed by atoms with E-state index < -0.39 is 0 Å². The molecule has 0 saturated carbocycles. The Balaban J connectivity index is 2.20. The second kappa shape index (κ2) is 4.10. The van der Waals surface area contributed by atoms with E-state index in [9.17, 15) is 0 Å². The Morgan fingerprint density at radius 1 is 1.28 bits per heavy atom. The van der Waals surface area contributed by atoms with Gasteiger partial charge >= 0.3 is 0 Å². The van der Waals surface area contributed by atoms with E-state index in [-0.39, 0.29) is 0 Å². The van der Waals surface area contributed by atoms with Crippen LogP contribution < -0.4 is 15.2 Å². The SMILES string of the molecule is Cc1c2c(cc(Cl)c1-c1cc(N)no1)OCCO2. The maximum absolute atomic E-state index is 6.25. The molecule has 0 radical (unpaired) electrons. The van der Waals surface area contributed by atoms with Crippen molar-refractivity contribution in [2.75, 3.05) is 18.9 Å². The lowest BCUT2D eigenvalue weighted by molar-refractivity contribution is 0.170. The minimum absolute atomic E-state index is 0.315. The van der Waals surface area contributed by atoms with Crippen LogP contribution in [0.25, 0.3) is 11.3 Å². The fourth-order valence-electron chi connectivity index (χ4n) is 2.02. The van der Waals surface area contributed by atoms with Crippen LogP contribution in [0.3, 0.4) is 0 Å². The van der Waals surface area contributed by atoms with Crippen LogP contribution in [0.4, 0.5) is 5.82 Å². The van der Waals surface area contributed by atoms with Crippen LogP contribution in [-0.2, 0) is 0 Å². The van der Waals surface area contributed by atoms with Gasteiger partial charge in [-0.3, -0.25) is 0 Å². The van der Waals surface area contributed by atoms with E-state index in [0.29, 0.717) is 41.3 Å². The summed E-state index contributed by atoms with van der Waals surface area (Å²) in [6, 6.07) is 3.35. The van der Waals surface area contributed by atoms with Crippen molar-refractivity contribution in [3.05, 3.63) is 22.7 Å². The number of rotatable bonds is 1. The molecule has 0 fully saturated rings. The third-order valence-corrected chi connectivity index (χ3v) is 3.10. The standard InChI is InChI=1S/C12H11ClN2O3/c1-6-11(8-5-10(14)15-18-8)7(13)4-9-12(6)17-3-2-16-9/h4-5H,2-3H2,1H3,(H2,14,15). The van der Waals surface area contributed by atoms with Crippen LogP contribution in [0.1, 0.15) is 5.56 Å². The lowest BCUT2D eigenvalue weighted by Gasteiger charge is -2.22. The first-order valence-electron chi connectivity index (χ1n) is 5.48. The Morgan fingerprint density at radius 3 is 2.78 bits per heavy atom. The van der Waals surface area contributed by atoms with Crippen LogP contribution in [0, 0.1) is 6.92 Å². The molecule has 2 N–H and O–H groups in total. The Bertz CT molecular complexity index is 610. The molecular formula is C12H11ClN2O3. The molecule has 3 rings (SSSR count). The van der Waals surface area contributed by atoms with Crippen LogP contribution in [0.5, 0.6) is 11.5 Å². The molecule has 6 heteroatoms. The highest BCUT2D eigenvalue weighted by Crippen LogP contribution is 2.44. The van der Waals surface area contributed by atoms with Crippen molar-refractivity contribution in [1.29, 1.82) is 0 Å². The molecule has 0 atom stereocenters. The average molecular weight is 267 g/mol. The summed E-state index contributed by atoms with van der Waals surface area (Å²) in [6.07, 6.45) is 0. The smallest absolute Gasteiger partial charge is 0.170 e. The minimum Gasteiger partial charge on any atom is -0.486 e.